The van der Waals surface area contributed by atoms with Crippen LogP contribution < -0.4 is 14.8 Å². The van der Waals surface area contributed by atoms with Crippen LogP contribution in [0.1, 0.15) is 105 Å². The Bertz CT molecular complexity index is 855. The van der Waals surface area contributed by atoms with Gasteiger partial charge in [0.05, 0.1) is 13.7 Å². The fraction of sp³-hybridized carbons (Fsp3) is 0.567. The topological polar surface area (TPSA) is 47.6 Å². The highest BCUT2D eigenvalue weighted by Crippen LogP contribution is 2.23. The van der Waals surface area contributed by atoms with Crippen molar-refractivity contribution < 1.29 is 14.3 Å². The third-order valence-corrected chi connectivity index (χ3v) is 6.89. The summed E-state index contributed by atoms with van der Waals surface area (Å²) in [5.41, 5.74) is 2.69. The first kappa shape index (κ1) is 29.2. The number of carbonyl (C=O) groups is 1. The Kier molecular flexibility index (Phi) is 15.3. The van der Waals surface area contributed by atoms with Crippen molar-refractivity contribution in [2.75, 3.05) is 13.7 Å². The van der Waals surface area contributed by atoms with E-state index in [2.05, 4.69) is 28.2 Å². The third kappa shape index (κ3) is 12.5. The zero-order valence-corrected chi connectivity index (χ0v) is 23.3. The summed E-state index contributed by atoms with van der Waals surface area (Å²) in [4.78, 5) is 12.5. The van der Waals surface area contributed by atoms with Crippen molar-refractivity contribution in [1.29, 1.82) is 0 Å². The van der Waals surface area contributed by atoms with Gasteiger partial charge in [-0.3, -0.25) is 4.79 Å². The van der Waals surface area contributed by atoms with Gasteiger partial charge in [0.2, 0.25) is 0 Å². The number of rotatable bonds is 19. The second-order valence-corrected chi connectivity index (χ2v) is 9.83. The van der Waals surface area contributed by atoms with Gasteiger partial charge in [0.25, 0.3) is 5.91 Å². The van der Waals surface area contributed by atoms with Crippen LogP contribution in [0.4, 0.5) is 0 Å². The maximum absolute atomic E-state index is 12.5. The summed E-state index contributed by atoms with van der Waals surface area (Å²) in [6.45, 7) is 3.40. The monoisotopic (exact) mass is 545 g/mol. The summed E-state index contributed by atoms with van der Waals surface area (Å²) in [6.07, 6.45) is 16.0. The fourth-order valence-electron chi connectivity index (χ4n) is 4.15. The molecule has 5 heteroatoms. The second kappa shape index (κ2) is 18.3. The Morgan fingerprint density at radius 1 is 0.800 bits per heavy atom. The van der Waals surface area contributed by atoms with Gasteiger partial charge in [0.15, 0.2) is 0 Å². The van der Waals surface area contributed by atoms with E-state index in [1.54, 1.807) is 7.11 Å². The number of methoxy groups -OCH3 is 1. The smallest absolute Gasteiger partial charge is 0.251 e. The molecule has 0 aliphatic heterocycles. The van der Waals surface area contributed by atoms with Crippen molar-refractivity contribution in [3.8, 4) is 11.5 Å². The normalized spacial score (nSPS) is 10.8. The summed E-state index contributed by atoms with van der Waals surface area (Å²) >= 11 is 3.44. The Morgan fingerprint density at radius 3 is 2.06 bits per heavy atom. The molecular weight excluding hydrogens is 502 g/mol. The largest absolute Gasteiger partial charge is 0.497 e. The number of unbranched alkanes of at least 4 members (excludes halogenated alkanes) is 11. The average Bonchev–Trinajstić information content (AvgIpc) is 2.89. The van der Waals surface area contributed by atoms with E-state index in [-0.39, 0.29) is 5.91 Å². The molecule has 0 saturated heterocycles. The van der Waals surface area contributed by atoms with Gasteiger partial charge in [-0.2, -0.15) is 0 Å². The molecule has 1 amide bonds. The van der Waals surface area contributed by atoms with Crippen molar-refractivity contribution in [3.63, 3.8) is 0 Å². The van der Waals surface area contributed by atoms with Crippen molar-refractivity contribution in [3.05, 3.63) is 59.2 Å². The van der Waals surface area contributed by atoms with E-state index in [1.807, 2.05) is 42.5 Å². The number of nitrogens with one attached hydrogen (secondary N) is 1. The second-order valence-electron chi connectivity index (χ2n) is 9.27. The van der Waals surface area contributed by atoms with E-state index in [9.17, 15) is 4.79 Å². The molecule has 2 rings (SSSR count). The van der Waals surface area contributed by atoms with E-state index in [1.165, 1.54) is 70.6 Å². The molecule has 2 aromatic carbocycles. The van der Waals surface area contributed by atoms with Crippen LogP contribution in [0.2, 0.25) is 0 Å². The highest BCUT2D eigenvalue weighted by molar-refractivity contribution is 9.08. The SMILES string of the molecule is CCCCCCCCCCCCCCOc1cc(CNC(=O)c2cccc(CBr)c2)cc(OC)c1. The van der Waals surface area contributed by atoms with Crippen molar-refractivity contribution >= 4 is 21.8 Å². The molecule has 0 bridgehead atoms. The molecule has 2 aromatic rings. The fourth-order valence-corrected chi connectivity index (χ4v) is 4.50. The minimum Gasteiger partial charge on any atom is -0.497 e. The predicted molar refractivity (Wildman–Crippen MR) is 150 cm³/mol. The van der Waals surface area contributed by atoms with Crippen molar-refractivity contribution in [2.45, 2.75) is 95.8 Å². The van der Waals surface area contributed by atoms with Gasteiger partial charge in [0.1, 0.15) is 11.5 Å². The number of benzene rings is 2. The van der Waals surface area contributed by atoms with Gasteiger partial charge in [-0.1, -0.05) is 106 Å². The van der Waals surface area contributed by atoms with Crippen LogP contribution in [-0.4, -0.2) is 19.6 Å². The van der Waals surface area contributed by atoms with Crippen molar-refractivity contribution in [1.82, 2.24) is 5.32 Å². The molecule has 0 radical (unpaired) electrons. The molecule has 0 aliphatic rings. The lowest BCUT2D eigenvalue weighted by Crippen LogP contribution is -2.22. The predicted octanol–water partition coefficient (Wildman–Crippen LogP) is 8.60. The molecule has 0 aliphatic carbocycles. The van der Waals surface area contributed by atoms with Crippen LogP contribution in [0.5, 0.6) is 11.5 Å². The van der Waals surface area contributed by atoms with Gasteiger partial charge in [-0.05, 0) is 41.8 Å². The lowest BCUT2D eigenvalue weighted by molar-refractivity contribution is 0.0950. The van der Waals surface area contributed by atoms with Crippen LogP contribution in [0, 0.1) is 0 Å². The number of hydrogen-bond acceptors (Lipinski definition) is 3. The Labute approximate surface area is 221 Å². The van der Waals surface area contributed by atoms with Gasteiger partial charge in [-0.25, -0.2) is 0 Å². The van der Waals surface area contributed by atoms with Crippen LogP contribution in [0.3, 0.4) is 0 Å². The summed E-state index contributed by atoms with van der Waals surface area (Å²) in [7, 11) is 1.65. The minimum absolute atomic E-state index is 0.0884. The molecule has 0 saturated carbocycles. The highest BCUT2D eigenvalue weighted by Gasteiger charge is 2.08. The van der Waals surface area contributed by atoms with Crippen LogP contribution in [-0.2, 0) is 11.9 Å². The third-order valence-electron chi connectivity index (χ3n) is 6.24. The van der Waals surface area contributed by atoms with E-state index >= 15 is 0 Å². The number of halogens is 1. The minimum atomic E-state index is -0.0884. The maximum atomic E-state index is 12.5. The first-order valence-electron chi connectivity index (χ1n) is 13.4. The molecule has 0 aromatic heterocycles. The lowest BCUT2D eigenvalue weighted by Gasteiger charge is -2.12. The van der Waals surface area contributed by atoms with E-state index < -0.39 is 0 Å². The number of alkyl halides is 1. The summed E-state index contributed by atoms with van der Waals surface area (Å²) in [6, 6.07) is 13.5. The van der Waals surface area contributed by atoms with Gasteiger partial charge in [-0.15, -0.1) is 0 Å². The molecule has 0 fully saturated rings. The molecule has 0 atom stereocenters. The summed E-state index contributed by atoms with van der Waals surface area (Å²) in [5.74, 6) is 1.44. The number of carbonyl (C=O) groups excluding carboxylic acids is 1. The summed E-state index contributed by atoms with van der Waals surface area (Å²) in [5, 5.41) is 3.72. The molecule has 1 N–H and O–H groups in total. The van der Waals surface area contributed by atoms with E-state index in [0.29, 0.717) is 18.7 Å². The number of amides is 1. The highest BCUT2D eigenvalue weighted by atomic mass is 79.9. The first-order chi connectivity index (χ1) is 17.2. The molecule has 194 valence electrons. The zero-order valence-electron chi connectivity index (χ0n) is 21.8. The van der Waals surface area contributed by atoms with E-state index in [0.717, 1.165) is 34.4 Å². The molecule has 4 nitrogen and oxygen atoms in total. The molecule has 35 heavy (non-hydrogen) atoms. The quantitative estimate of drug-likeness (QED) is 0.142. The van der Waals surface area contributed by atoms with E-state index in [4.69, 9.17) is 9.47 Å². The van der Waals surface area contributed by atoms with Crippen molar-refractivity contribution in [2.24, 2.45) is 0 Å². The number of ether oxygens (including phenoxy) is 2. The van der Waals surface area contributed by atoms with Crippen LogP contribution in [0.15, 0.2) is 42.5 Å². The molecule has 0 spiro atoms. The first-order valence-corrected chi connectivity index (χ1v) is 14.5. The van der Waals surface area contributed by atoms with Gasteiger partial charge in [0, 0.05) is 23.5 Å². The zero-order chi connectivity index (χ0) is 25.1. The van der Waals surface area contributed by atoms with Gasteiger partial charge >= 0.3 is 0 Å². The number of hydrogen-bond donors (Lipinski definition) is 1. The average molecular weight is 547 g/mol. The Balaban J connectivity index is 1.65. The lowest BCUT2D eigenvalue weighted by atomic mass is 10.1. The van der Waals surface area contributed by atoms with Gasteiger partial charge < -0.3 is 14.8 Å². The molecule has 0 unspecified atom stereocenters. The molecule has 0 heterocycles. The van der Waals surface area contributed by atoms with Crippen LogP contribution in [0.25, 0.3) is 0 Å². The summed E-state index contributed by atoms with van der Waals surface area (Å²) < 4.78 is 11.4. The Hall–Kier alpha value is -2.01. The standard InChI is InChI=1S/C30H44BrNO3/c1-3-4-5-6-7-8-9-10-11-12-13-14-18-35-29-21-26(20-28(22-29)34-2)24-32-30(33)27-17-15-16-25(19-27)23-31/h15-17,19-22H,3-14,18,23-24H2,1-2H3,(H,32,33). The Morgan fingerprint density at radius 2 is 1.43 bits per heavy atom. The van der Waals surface area contributed by atoms with Crippen LogP contribution >= 0.6 is 15.9 Å². The maximum Gasteiger partial charge on any atom is 0.251 e. The molecular formula is C30H44BrNO3.